The lowest BCUT2D eigenvalue weighted by Gasteiger charge is -2.13. The molecular weight excluding hydrogens is 226 g/mol. The minimum absolute atomic E-state index is 0.393. The van der Waals surface area contributed by atoms with E-state index in [1.807, 2.05) is 0 Å². The summed E-state index contributed by atoms with van der Waals surface area (Å²) in [5, 5.41) is 10.3. The summed E-state index contributed by atoms with van der Waals surface area (Å²) in [7, 11) is 4.43. The predicted molar refractivity (Wildman–Crippen MR) is 62.1 cm³/mol. The molecule has 0 aliphatic carbocycles. The van der Waals surface area contributed by atoms with E-state index in [0.29, 0.717) is 22.8 Å². The highest BCUT2D eigenvalue weighted by molar-refractivity contribution is 5.68. The van der Waals surface area contributed by atoms with E-state index in [-0.39, 0.29) is 0 Å². The quantitative estimate of drug-likeness (QED) is 0.580. The van der Waals surface area contributed by atoms with Crippen molar-refractivity contribution in [1.29, 1.82) is 0 Å². The molecule has 0 fully saturated rings. The van der Waals surface area contributed by atoms with Crippen LogP contribution in [0.4, 0.5) is 0 Å². The summed E-state index contributed by atoms with van der Waals surface area (Å²) in [4.78, 5) is 9.78. The Labute approximate surface area is 98.6 Å². The number of nitro groups is 1. The molecule has 0 amide bonds. The molecule has 6 nitrogen and oxygen atoms in total. The van der Waals surface area contributed by atoms with Crippen molar-refractivity contribution < 1.29 is 19.1 Å². The molecular formula is C11H13NO5. The van der Waals surface area contributed by atoms with Crippen LogP contribution < -0.4 is 14.2 Å². The van der Waals surface area contributed by atoms with Gasteiger partial charge in [-0.2, -0.15) is 0 Å². The molecule has 0 saturated carbocycles. The SMILES string of the molecule is COc1ccc(OC)c(OC)c1/C=C/[N+](=O)[O-]. The van der Waals surface area contributed by atoms with Crippen molar-refractivity contribution in [3.8, 4) is 17.2 Å². The lowest BCUT2D eigenvalue weighted by Crippen LogP contribution is -1.96. The molecule has 92 valence electrons. The number of methoxy groups -OCH3 is 3. The second-order valence-corrected chi connectivity index (χ2v) is 3.02. The van der Waals surface area contributed by atoms with Gasteiger partial charge in [-0.05, 0) is 12.1 Å². The van der Waals surface area contributed by atoms with Crippen LogP contribution in [0.5, 0.6) is 17.2 Å². The van der Waals surface area contributed by atoms with Crippen molar-refractivity contribution in [1.82, 2.24) is 0 Å². The lowest BCUT2D eigenvalue weighted by molar-refractivity contribution is -0.400. The Morgan fingerprint density at radius 2 is 1.71 bits per heavy atom. The molecule has 0 saturated heterocycles. The summed E-state index contributed by atoms with van der Waals surface area (Å²) in [6, 6.07) is 3.32. The van der Waals surface area contributed by atoms with E-state index in [1.165, 1.54) is 27.4 Å². The average molecular weight is 239 g/mol. The third-order valence-electron chi connectivity index (χ3n) is 2.13. The first-order valence-electron chi connectivity index (χ1n) is 4.74. The van der Waals surface area contributed by atoms with Crippen LogP contribution in [0.1, 0.15) is 5.56 Å². The van der Waals surface area contributed by atoms with E-state index >= 15 is 0 Å². The zero-order valence-electron chi connectivity index (χ0n) is 9.80. The zero-order valence-corrected chi connectivity index (χ0v) is 9.80. The molecule has 0 spiro atoms. The molecule has 0 atom stereocenters. The summed E-state index contributed by atoms with van der Waals surface area (Å²) >= 11 is 0. The van der Waals surface area contributed by atoms with Crippen LogP contribution in [0, 0.1) is 10.1 Å². The van der Waals surface area contributed by atoms with Gasteiger partial charge in [0.15, 0.2) is 11.5 Å². The molecule has 6 heteroatoms. The van der Waals surface area contributed by atoms with E-state index in [0.717, 1.165) is 6.20 Å². The Morgan fingerprint density at radius 1 is 1.12 bits per heavy atom. The molecule has 17 heavy (non-hydrogen) atoms. The minimum atomic E-state index is -0.557. The van der Waals surface area contributed by atoms with Gasteiger partial charge in [0.25, 0.3) is 0 Å². The van der Waals surface area contributed by atoms with E-state index in [2.05, 4.69) is 0 Å². The van der Waals surface area contributed by atoms with E-state index in [4.69, 9.17) is 14.2 Å². The van der Waals surface area contributed by atoms with Gasteiger partial charge in [-0.1, -0.05) is 0 Å². The fourth-order valence-corrected chi connectivity index (χ4v) is 1.40. The van der Waals surface area contributed by atoms with Crippen molar-refractivity contribution in [3.05, 3.63) is 34.0 Å². The van der Waals surface area contributed by atoms with Crippen LogP contribution in [-0.4, -0.2) is 26.3 Å². The van der Waals surface area contributed by atoms with Gasteiger partial charge in [-0.15, -0.1) is 0 Å². The molecule has 0 N–H and O–H groups in total. The van der Waals surface area contributed by atoms with Crippen LogP contribution in [0.2, 0.25) is 0 Å². The molecule has 1 rings (SSSR count). The Hall–Kier alpha value is -2.24. The summed E-state index contributed by atoms with van der Waals surface area (Å²) in [6.45, 7) is 0. The number of benzene rings is 1. The Morgan fingerprint density at radius 3 is 2.18 bits per heavy atom. The smallest absolute Gasteiger partial charge is 0.235 e. The van der Waals surface area contributed by atoms with Crippen LogP contribution in [0.3, 0.4) is 0 Å². The molecule has 0 aliphatic heterocycles. The van der Waals surface area contributed by atoms with E-state index in [1.54, 1.807) is 12.1 Å². The molecule has 0 radical (unpaired) electrons. The lowest BCUT2D eigenvalue weighted by atomic mass is 10.1. The molecule has 0 aromatic heterocycles. The second-order valence-electron chi connectivity index (χ2n) is 3.02. The molecule has 1 aromatic rings. The number of hydrogen-bond donors (Lipinski definition) is 0. The Bertz CT molecular complexity index is 442. The Balaban J connectivity index is 3.34. The summed E-state index contributed by atoms with van der Waals surface area (Å²) in [5.74, 6) is 1.35. The average Bonchev–Trinajstić information content (AvgIpc) is 2.34. The van der Waals surface area contributed by atoms with Crippen molar-refractivity contribution >= 4 is 6.08 Å². The molecule has 1 aromatic carbocycles. The molecule has 0 bridgehead atoms. The normalized spacial score (nSPS) is 10.3. The highest BCUT2D eigenvalue weighted by atomic mass is 16.6. The number of ether oxygens (including phenoxy) is 3. The first kappa shape index (κ1) is 12.8. The standard InChI is InChI=1S/C11H13NO5/c1-15-9-4-5-10(16-2)11(17-3)8(9)6-7-12(13)14/h4-7H,1-3H3/b7-6+. The summed E-state index contributed by atoms with van der Waals surface area (Å²) < 4.78 is 15.4. The number of rotatable bonds is 5. The highest BCUT2D eigenvalue weighted by Crippen LogP contribution is 2.38. The number of hydrogen-bond acceptors (Lipinski definition) is 5. The van der Waals surface area contributed by atoms with Crippen molar-refractivity contribution in [3.63, 3.8) is 0 Å². The monoisotopic (exact) mass is 239 g/mol. The van der Waals surface area contributed by atoms with Crippen LogP contribution >= 0.6 is 0 Å². The number of nitrogens with zero attached hydrogens (tertiary/aromatic N) is 1. The van der Waals surface area contributed by atoms with Gasteiger partial charge in [0.1, 0.15) is 5.75 Å². The third-order valence-corrected chi connectivity index (χ3v) is 2.13. The van der Waals surface area contributed by atoms with Crippen LogP contribution in [0.15, 0.2) is 18.3 Å². The molecule has 0 unspecified atom stereocenters. The zero-order chi connectivity index (χ0) is 12.8. The second kappa shape index (κ2) is 5.74. The maximum absolute atomic E-state index is 10.3. The van der Waals surface area contributed by atoms with Gasteiger partial charge < -0.3 is 14.2 Å². The van der Waals surface area contributed by atoms with Crippen LogP contribution in [0.25, 0.3) is 6.08 Å². The fourth-order valence-electron chi connectivity index (χ4n) is 1.40. The van der Waals surface area contributed by atoms with E-state index < -0.39 is 4.92 Å². The molecule has 0 aliphatic rings. The summed E-state index contributed by atoms with van der Waals surface area (Å²) in [5.41, 5.74) is 0.464. The van der Waals surface area contributed by atoms with Gasteiger partial charge in [-0.25, -0.2) is 0 Å². The highest BCUT2D eigenvalue weighted by Gasteiger charge is 2.14. The van der Waals surface area contributed by atoms with Crippen molar-refractivity contribution in [2.24, 2.45) is 0 Å². The molecule has 0 heterocycles. The predicted octanol–water partition coefficient (Wildman–Crippen LogP) is 1.96. The Kier molecular flexibility index (Phi) is 4.33. The fraction of sp³-hybridized carbons (Fsp3) is 0.273. The first-order chi connectivity index (χ1) is 8.13. The topological polar surface area (TPSA) is 70.8 Å². The van der Waals surface area contributed by atoms with Gasteiger partial charge in [0.05, 0.1) is 31.8 Å². The van der Waals surface area contributed by atoms with Gasteiger partial charge in [0, 0.05) is 6.08 Å². The third kappa shape index (κ3) is 2.87. The minimum Gasteiger partial charge on any atom is -0.496 e. The van der Waals surface area contributed by atoms with Crippen LogP contribution in [-0.2, 0) is 0 Å². The maximum atomic E-state index is 10.3. The largest absolute Gasteiger partial charge is 0.496 e. The summed E-state index contributed by atoms with van der Waals surface area (Å²) in [6.07, 6.45) is 2.12. The van der Waals surface area contributed by atoms with Crippen molar-refractivity contribution in [2.45, 2.75) is 0 Å². The maximum Gasteiger partial charge on any atom is 0.235 e. The van der Waals surface area contributed by atoms with E-state index in [9.17, 15) is 10.1 Å². The first-order valence-corrected chi connectivity index (χ1v) is 4.74. The van der Waals surface area contributed by atoms with Gasteiger partial charge >= 0.3 is 0 Å². The van der Waals surface area contributed by atoms with Crippen molar-refractivity contribution in [2.75, 3.05) is 21.3 Å². The van der Waals surface area contributed by atoms with Gasteiger partial charge in [-0.3, -0.25) is 10.1 Å². The van der Waals surface area contributed by atoms with Gasteiger partial charge in [0.2, 0.25) is 6.20 Å².